The first-order chi connectivity index (χ1) is 14.2. The van der Waals surface area contributed by atoms with E-state index in [2.05, 4.69) is 52.4 Å². The maximum atomic E-state index is 5.53. The first-order valence-corrected chi connectivity index (χ1v) is 9.33. The van der Waals surface area contributed by atoms with Crippen LogP contribution in [0, 0.1) is 19.3 Å². The predicted octanol–water partition coefficient (Wildman–Crippen LogP) is 4.38. The molecule has 5 nitrogen and oxygen atoms in total. The summed E-state index contributed by atoms with van der Waals surface area (Å²) < 4.78 is 1.82. The standard InChI is InChI=1S/C24H17N5/c1-3-20-12-10-18-8-9-19-11-13-21(26-24(19)23(18)25-20)22-15-29(28-27-22)14-17-6-4-16(2)5-7-17/h1,4-13,15H,14H2,2H3. The summed E-state index contributed by atoms with van der Waals surface area (Å²) in [5, 5.41) is 10.6. The van der Waals surface area contributed by atoms with Crippen molar-refractivity contribution in [3.8, 4) is 23.7 Å². The highest BCUT2D eigenvalue weighted by Gasteiger charge is 2.10. The molecule has 0 bridgehead atoms. The summed E-state index contributed by atoms with van der Waals surface area (Å²) >= 11 is 0. The van der Waals surface area contributed by atoms with Crippen molar-refractivity contribution in [3.63, 3.8) is 0 Å². The summed E-state index contributed by atoms with van der Waals surface area (Å²) in [6.07, 6.45) is 7.44. The molecule has 5 aromatic rings. The summed E-state index contributed by atoms with van der Waals surface area (Å²) in [7, 11) is 0. The molecule has 0 spiro atoms. The molecule has 0 unspecified atom stereocenters. The minimum Gasteiger partial charge on any atom is -0.247 e. The number of pyridine rings is 2. The lowest BCUT2D eigenvalue weighted by Crippen LogP contribution is -2.00. The molecule has 0 saturated carbocycles. The Balaban J connectivity index is 1.55. The summed E-state index contributed by atoms with van der Waals surface area (Å²) in [4.78, 5) is 9.42. The lowest BCUT2D eigenvalue weighted by Gasteiger charge is -2.05. The third kappa shape index (κ3) is 3.21. The fourth-order valence-corrected chi connectivity index (χ4v) is 3.36. The second kappa shape index (κ2) is 6.84. The summed E-state index contributed by atoms with van der Waals surface area (Å²) in [6, 6.07) is 20.3. The number of benzene rings is 2. The van der Waals surface area contributed by atoms with Gasteiger partial charge in [0.05, 0.1) is 29.5 Å². The topological polar surface area (TPSA) is 56.5 Å². The van der Waals surface area contributed by atoms with Crippen LogP contribution in [0.4, 0.5) is 0 Å². The first kappa shape index (κ1) is 17.1. The van der Waals surface area contributed by atoms with Gasteiger partial charge in [0.15, 0.2) is 0 Å². The van der Waals surface area contributed by atoms with Crippen molar-refractivity contribution in [2.75, 3.05) is 0 Å². The van der Waals surface area contributed by atoms with Crippen molar-refractivity contribution < 1.29 is 0 Å². The quantitative estimate of drug-likeness (QED) is 0.347. The Bertz CT molecular complexity index is 1390. The minimum absolute atomic E-state index is 0.598. The molecule has 0 aliphatic rings. The van der Waals surface area contributed by atoms with Crippen LogP contribution < -0.4 is 0 Å². The fourth-order valence-electron chi connectivity index (χ4n) is 3.36. The smallest absolute Gasteiger partial charge is 0.131 e. The van der Waals surface area contributed by atoms with Crippen molar-refractivity contribution in [2.24, 2.45) is 0 Å². The molecule has 5 rings (SSSR count). The molecule has 0 N–H and O–H groups in total. The average Bonchev–Trinajstić information content (AvgIpc) is 3.23. The van der Waals surface area contributed by atoms with Crippen LogP contribution in [0.5, 0.6) is 0 Å². The van der Waals surface area contributed by atoms with Crippen LogP contribution >= 0.6 is 0 Å². The van der Waals surface area contributed by atoms with Crippen LogP contribution in [0.25, 0.3) is 33.2 Å². The van der Waals surface area contributed by atoms with Gasteiger partial charge in [0.25, 0.3) is 0 Å². The Morgan fingerprint density at radius 1 is 0.828 bits per heavy atom. The van der Waals surface area contributed by atoms with Gasteiger partial charge in [-0.2, -0.15) is 0 Å². The molecule has 0 fully saturated rings. The number of rotatable bonds is 3. The second-order valence-electron chi connectivity index (χ2n) is 7.03. The molecular formula is C24H17N5. The van der Waals surface area contributed by atoms with Gasteiger partial charge in [-0.25, -0.2) is 14.6 Å². The van der Waals surface area contributed by atoms with Crippen LogP contribution in [0.1, 0.15) is 16.8 Å². The van der Waals surface area contributed by atoms with Gasteiger partial charge in [-0.15, -0.1) is 11.5 Å². The lowest BCUT2D eigenvalue weighted by molar-refractivity contribution is 0.649. The molecule has 0 saturated heterocycles. The highest BCUT2D eigenvalue weighted by atomic mass is 15.4. The van der Waals surface area contributed by atoms with E-state index >= 15 is 0 Å². The Morgan fingerprint density at radius 3 is 2.28 bits per heavy atom. The highest BCUT2D eigenvalue weighted by molar-refractivity contribution is 6.03. The molecule has 0 atom stereocenters. The van der Waals surface area contributed by atoms with E-state index in [1.807, 2.05) is 47.3 Å². The van der Waals surface area contributed by atoms with E-state index in [1.165, 1.54) is 11.1 Å². The summed E-state index contributed by atoms with van der Waals surface area (Å²) in [5.74, 6) is 2.60. The van der Waals surface area contributed by atoms with Gasteiger partial charge in [0, 0.05) is 10.8 Å². The average molecular weight is 375 g/mol. The maximum absolute atomic E-state index is 5.53. The number of terminal acetylenes is 1. The highest BCUT2D eigenvalue weighted by Crippen LogP contribution is 2.25. The van der Waals surface area contributed by atoms with E-state index in [0.29, 0.717) is 12.2 Å². The Kier molecular flexibility index (Phi) is 4.03. The number of aromatic nitrogens is 5. The zero-order valence-electron chi connectivity index (χ0n) is 15.9. The number of aryl methyl sites for hydroxylation is 1. The van der Waals surface area contributed by atoms with E-state index in [-0.39, 0.29) is 0 Å². The zero-order valence-corrected chi connectivity index (χ0v) is 15.9. The summed E-state index contributed by atoms with van der Waals surface area (Å²) in [6.45, 7) is 2.74. The molecule has 3 heterocycles. The van der Waals surface area contributed by atoms with Crippen LogP contribution in [-0.2, 0) is 6.54 Å². The second-order valence-corrected chi connectivity index (χ2v) is 7.03. The molecule has 0 radical (unpaired) electrons. The van der Waals surface area contributed by atoms with Gasteiger partial charge in [0.2, 0.25) is 0 Å². The molecule has 0 aliphatic heterocycles. The van der Waals surface area contributed by atoms with E-state index in [9.17, 15) is 0 Å². The van der Waals surface area contributed by atoms with Crippen LogP contribution in [0.3, 0.4) is 0 Å². The number of fused-ring (bicyclic) bond motifs is 3. The molecule has 2 aromatic carbocycles. The Morgan fingerprint density at radius 2 is 1.52 bits per heavy atom. The third-order valence-corrected chi connectivity index (χ3v) is 4.93. The van der Waals surface area contributed by atoms with Crippen molar-refractivity contribution in [2.45, 2.75) is 13.5 Å². The third-order valence-electron chi connectivity index (χ3n) is 4.93. The lowest BCUT2D eigenvalue weighted by atomic mass is 10.1. The summed E-state index contributed by atoms with van der Waals surface area (Å²) in [5.41, 5.74) is 6.10. The van der Waals surface area contributed by atoms with E-state index in [1.54, 1.807) is 0 Å². The number of hydrogen-bond donors (Lipinski definition) is 0. The van der Waals surface area contributed by atoms with E-state index in [0.717, 1.165) is 33.2 Å². The van der Waals surface area contributed by atoms with Gasteiger partial charge >= 0.3 is 0 Å². The van der Waals surface area contributed by atoms with Gasteiger partial charge in [-0.1, -0.05) is 59.2 Å². The molecule has 138 valence electrons. The molecular weight excluding hydrogens is 358 g/mol. The molecule has 0 amide bonds. The Labute approximate surface area is 168 Å². The molecule has 29 heavy (non-hydrogen) atoms. The van der Waals surface area contributed by atoms with Crippen LogP contribution in [0.15, 0.2) is 66.9 Å². The van der Waals surface area contributed by atoms with Gasteiger partial charge in [0.1, 0.15) is 11.4 Å². The largest absolute Gasteiger partial charge is 0.247 e. The normalized spacial score (nSPS) is 11.0. The van der Waals surface area contributed by atoms with Crippen molar-refractivity contribution in [1.29, 1.82) is 0 Å². The molecule has 3 aromatic heterocycles. The molecule has 0 aliphatic carbocycles. The SMILES string of the molecule is C#Cc1ccc2ccc3ccc(-c4cn(Cc5ccc(C)cc5)nn4)nc3c2n1. The van der Waals surface area contributed by atoms with Crippen molar-refractivity contribution in [1.82, 2.24) is 25.0 Å². The van der Waals surface area contributed by atoms with Crippen LogP contribution in [0.2, 0.25) is 0 Å². The van der Waals surface area contributed by atoms with Gasteiger partial charge in [-0.05, 0) is 30.7 Å². The van der Waals surface area contributed by atoms with Gasteiger partial charge < -0.3 is 0 Å². The molecule has 5 heteroatoms. The fraction of sp³-hybridized carbons (Fsp3) is 0.0833. The van der Waals surface area contributed by atoms with Crippen molar-refractivity contribution in [3.05, 3.63) is 83.7 Å². The maximum Gasteiger partial charge on any atom is 0.131 e. The number of nitrogens with zero attached hydrogens (tertiary/aromatic N) is 5. The predicted molar refractivity (Wildman–Crippen MR) is 114 cm³/mol. The monoisotopic (exact) mass is 375 g/mol. The van der Waals surface area contributed by atoms with E-state index in [4.69, 9.17) is 11.4 Å². The van der Waals surface area contributed by atoms with Crippen molar-refractivity contribution >= 4 is 21.8 Å². The van der Waals surface area contributed by atoms with Gasteiger partial charge in [-0.3, -0.25) is 0 Å². The van der Waals surface area contributed by atoms with E-state index < -0.39 is 0 Å². The zero-order chi connectivity index (χ0) is 19.8. The minimum atomic E-state index is 0.598. The first-order valence-electron chi connectivity index (χ1n) is 9.33. The Hall–Kier alpha value is -4.04. The number of hydrogen-bond acceptors (Lipinski definition) is 4. The van der Waals surface area contributed by atoms with Crippen LogP contribution in [-0.4, -0.2) is 25.0 Å².